The van der Waals surface area contributed by atoms with Crippen LogP contribution in [0.3, 0.4) is 0 Å². The molecular weight excluding hydrogens is 577 g/mol. The molecule has 3 aromatic rings. The van der Waals surface area contributed by atoms with Gasteiger partial charge in [-0.1, -0.05) is 144 Å². The second-order valence-corrected chi connectivity index (χ2v) is 18.5. The molecule has 4 rings (SSSR count). The van der Waals surface area contributed by atoms with E-state index >= 15 is 0 Å². The molecular formula is C39H48O3SSi. The van der Waals surface area contributed by atoms with E-state index in [0.29, 0.717) is 25.6 Å². The first-order valence-corrected chi connectivity index (χ1v) is 18.5. The minimum absolute atomic E-state index is 0.0265. The lowest BCUT2D eigenvalue weighted by molar-refractivity contribution is -0.121. The van der Waals surface area contributed by atoms with Crippen molar-refractivity contribution in [2.45, 2.75) is 63.8 Å². The number of thioether (sulfide) groups is 1. The third-order valence-electron chi connectivity index (χ3n) is 8.24. The van der Waals surface area contributed by atoms with Gasteiger partial charge in [0.25, 0.3) is 8.32 Å². The summed E-state index contributed by atoms with van der Waals surface area (Å²) in [6.07, 6.45) is 8.13. The van der Waals surface area contributed by atoms with E-state index in [1.165, 1.54) is 15.3 Å². The van der Waals surface area contributed by atoms with Crippen LogP contribution in [0.4, 0.5) is 0 Å². The summed E-state index contributed by atoms with van der Waals surface area (Å²) in [7, 11) is -2.74. The van der Waals surface area contributed by atoms with Crippen LogP contribution in [0, 0.1) is 17.8 Å². The van der Waals surface area contributed by atoms with Crippen LogP contribution in [-0.4, -0.2) is 27.3 Å². The van der Waals surface area contributed by atoms with E-state index in [0.717, 1.165) is 23.5 Å². The Bertz CT molecular complexity index is 1370. The smallest absolute Gasteiger partial charge is 0.261 e. The van der Waals surface area contributed by atoms with Crippen LogP contribution in [0.1, 0.15) is 53.9 Å². The summed E-state index contributed by atoms with van der Waals surface area (Å²) in [6, 6.07) is 31.8. The quantitative estimate of drug-likeness (QED) is 0.102. The van der Waals surface area contributed by atoms with Crippen LogP contribution in [-0.2, 0) is 14.0 Å². The zero-order valence-corrected chi connectivity index (χ0v) is 28.8. The number of carbonyl (C=O) groups excluding carboxylic acids is 1. The van der Waals surface area contributed by atoms with Gasteiger partial charge in [-0.05, 0) is 52.2 Å². The van der Waals surface area contributed by atoms with E-state index in [4.69, 9.17) is 9.16 Å². The Morgan fingerprint density at radius 1 is 0.955 bits per heavy atom. The predicted molar refractivity (Wildman–Crippen MR) is 189 cm³/mol. The minimum atomic E-state index is -2.74. The SMILES string of the molecule is C=C/C(=C\CC[C@H]1C(=O)C=C(OCC(C)C)C[C@@H]1CO[Si](c1ccccc1)(c1ccccc1)C(C)(C)C)Sc1ccccc1. The maximum absolute atomic E-state index is 13.7. The molecule has 0 N–H and O–H groups in total. The molecule has 0 spiro atoms. The fourth-order valence-electron chi connectivity index (χ4n) is 6.08. The van der Waals surface area contributed by atoms with E-state index < -0.39 is 8.32 Å². The van der Waals surface area contributed by atoms with Gasteiger partial charge >= 0.3 is 0 Å². The maximum atomic E-state index is 13.7. The molecule has 1 aliphatic rings. The number of allylic oxidation sites excluding steroid dienone is 4. The second kappa shape index (κ2) is 15.7. The van der Waals surface area contributed by atoms with E-state index in [9.17, 15) is 4.79 Å². The van der Waals surface area contributed by atoms with Gasteiger partial charge < -0.3 is 9.16 Å². The highest BCUT2D eigenvalue weighted by Crippen LogP contribution is 2.39. The fraction of sp³-hybridized carbons (Fsp3) is 0.359. The average molecular weight is 625 g/mol. The summed E-state index contributed by atoms with van der Waals surface area (Å²) >= 11 is 1.71. The molecule has 0 amide bonds. The Kier molecular flexibility index (Phi) is 12.1. The molecule has 0 aromatic heterocycles. The largest absolute Gasteiger partial charge is 0.498 e. The number of rotatable bonds is 14. The van der Waals surface area contributed by atoms with Gasteiger partial charge in [-0.25, -0.2) is 0 Å². The van der Waals surface area contributed by atoms with Gasteiger partial charge in [-0.15, -0.1) is 0 Å². The van der Waals surface area contributed by atoms with Crippen molar-refractivity contribution in [3.8, 4) is 0 Å². The zero-order chi connectivity index (χ0) is 31.6. The van der Waals surface area contributed by atoms with Crippen molar-refractivity contribution in [1.29, 1.82) is 0 Å². The number of hydrogen-bond donors (Lipinski definition) is 0. The van der Waals surface area contributed by atoms with Crippen molar-refractivity contribution in [2.24, 2.45) is 17.8 Å². The van der Waals surface area contributed by atoms with Crippen LogP contribution in [0.5, 0.6) is 0 Å². The Hall–Kier alpha value is -3.12. The Morgan fingerprint density at radius 2 is 1.52 bits per heavy atom. The number of benzene rings is 3. The molecule has 0 heterocycles. The van der Waals surface area contributed by atoms with E-state index in [1.807, 2.05) is 24.3 Å². The molecule has 44 heavy (non-hydrogen) atoms. The summed E-state index contributed by atoms with van der Waals surface area (Å²) in [5.41, 5.74) is 0. The molecule has 0 radical (unpaired) electrons. The van der Waals surface area contributed by atoms with Crippen molar-refractivity contribution in [2.75, 3.05) is 13.2 Å². The van der Waals surface area contributed by atoms with Crippen LogP contribution in [0.25, 0.3) is 0 Å². The van der Waals surface area contributed by atoms with Gasteiger partial charge in [0.1, 0.15) is 0 Å². The normalized spacial score (nSPS) is 17.8. The maximum Gasteiger partial charge on any atom is 0.261 e. The van der Waals surface area contributed by atoms with E-state index in [-0.39, 0.29) is 22.7 Å². The molecule has 1 aliphatic carbocycles. The number of ketones is 1. The van der Waals surface area contributed by atoms with E-state index in [2.05, 4.69) is 120 Å². The lowest BCUT2D eigenvalue weighted by Crippen LogP contribution is -2.67. The molecule has 0 aliphatic heterocycles. The minimum Gasteiger partial charge on any atom is -0.498 e. The van der Waals surface area contributed by atoms with Gasteiger partial charge in [0, 0.05) is 34.8 Å². The molecule has 0 fully saturated rings. The van der Waals surface area contributed by atoms with Gasteiger partial charge in [-0.3, -0.25) is 4.79 Å². The van der Waals surface area contributed by atoms with Crippen LogP contribution < -0.4 is 10.4 Å². The monoisotopic (exact) mass is 624 g/mol. The summed E-state index contributed by atoms with van der Waals surface area (Å²) in [6.45, 7) is 16.3. The lowest BCUT2D eigenvalue weighted by Gasteiger charge is -2.44. The molecule has 2 atom stereocenters. The Balaban J connectivity index is 1.62. The summed E-state index contributed by atoms with van der Waals surface area (Å²) in [5.74, 6) is 1.22. The van der Waals surface area contributed by atoms with Gasteiger partial charge in [-0.2, -0.15) is 0 Å². The van der Waals surface area contributed by atoms with Crippen LogP contribution in [0.15, 0.2) is 131 Å². The lowest BCUT2D eigenvalue weighted by atomic mass is 9.79. The topological polar surface area (TPSA) is 35.5 Å². The Labute approximate surface area is 270 Å². The van der Waals surface area contributed by atoms with Crippen molar-refractivity contribution < 1.29 is 14.0 Å². The van der Waals surface area contributed by atoms with Crippen LogP contribution >= 0.6 is 11.8 Å². The van der Waals surface area contributed by atoms with Gasteiger partial charge in [0.2, 0.25) is 0 Å². The highest BCUT2D eigenvalue weighted by atomic mass is 32.2. The highest BCUT2D eigenvalue weighted by molar-refractivity contribution is 8.03. The third kappa shape index (κ3) is 8.53. The molecule has 0 bridgehead atoms. The molecule has 3 nitrogen and oxygen atoms in total. The highest BCUT2D eigenvalue weighted by Gasteiger charge is 2.51. The zero-order valence-electron chi connectivity index (χ0n) is 27.0. The molecule has 0 saturated heterocycles. The molecule has 3 aromatic carbocycles. The third-order valence-corrected chi connectivity index (χ3v) is 14.3. The first kappa shape index (κ1) is 33.8. The van der Waals surface area contributed by atoms with Gasteiger partial charge in [0.15, 0.2) is 5.78 Å². The van der Waals surface area contributed by atoms with Crippen molar-refractivity contribution in [3.63, 3.8) is 0 Å². The molecule has 0 unspecified atom stereocenters. The standard InChI is InChI=1S/C39H48O3SSi/c1-7-33(43-34-18-11-8-12-19-34)20-17-25-37-31(26-32(27-38(37)40)41-28-30(2)3)29-42-44(39(4,5)6,35-21-13-9-14-22-35)36-23-15-10-16-24-36/h7-16,18-24,27,30-31,37H,1,17,25-26,28-29H2,2-6H3/b33-20+/t31-,37-/m1/s1. The van der Waals surface area contributed by atoms with Gasteiger partial charge in [0.05, 0.1) is 12.4 Å². The Morgan fingerprint density at radius 3 is 2.05 bits per heavy atom. The number of hydrogen-bond acceptors (Lipinski definition) is 4. The van der Waals surface area contributed by atoms with Crippen molar-refractivity contribution in [3.05, 3.63) is 126 Å². The first-order valence-electron chi connectivity index (χ1n) is 15.8. The van der Waals surface area contributed by atoms with Crippen molar-refractivity contribution >= 4 is 36.2 Å². The summed E-state index contributed by atoms with van der Waals surface area (Å²) < 4.78 is 13.5. The molecule has 0 saturated carbocycles. The fourth-order valence-corrected chi connectivity index (χ4v) is 11.5. The second-order valence-electron chi connectivity index (χ2n) is 13.1. The predicted octanol–water partition coefficient (Wildman–Crippen LogP) is 8.97. The first-order chi connectivity index (χ1) is 21.1. The molecule has 5 heteroatoms. The summed E-state index contributed by atoms with van der Waals surface area (Å²) in [5, 5.41) is 2.37. The molecule has 232 valence electrons. The summed E-state index contributed by atoms with van der Waals surface area (Å²) in [4.78, 5) is 16.0. The van der Waals surface area contributed by atoms with E-state index in [1.54, 1.807) is 17.8 Å². The van der Waals surface area contributed by atoms with Crippen molar-refractivity contribution in [1.82, 2.24) is 0 Å². The number of ether oxygens (including phenoxy) is 1. The average Bonchev–Trinajstić information content (AvgIpc) is 3.01. The van der Waals surface area contributed by atoms with Crippen LogP contribution in [0.2, 0.25) is 5.04 Å². The number of carbonyl (C=O) groups is 1.